The first-order valence-electron chi connectivity index (χ1n) is 11.2. The lowest BCUT2D eigenvalue weighted by Crippen LogP contribution is -2.43. The molecule has 1 N–H and O–H groups in total. The molecule has 0 saturated heterocycles. The van der Waals surface area contributed by atoms with Crippen LogP contribution in [0.1, 0.15) is 62.9 Å². The number of nitrogens with zero attached hydrogens (tertiary/aromatic N) is 1. The van der Waals surface area contributed by atoms with E-state index in [1.54, 1.807) is 6.07 Å². The SMILES string of the molecule is CCc1ccc(NC(=O)C23CCC(C)(/C(=N\OC(=O)c4ccc(Cl)cc4Cl)C2)C3(C)C)cc1. The number of carbonyl (C=O) groups excluding carboxylic acids is 2. The molecule has 174 valence electrons. The molecule has 4 rings (SSSR count). The van der Waals surface area contributed by atoms with Crippen LogP contribution in [0.4, 0.5) is 5.69 Å². The molecule has 2 atom stereocenters. The van der Waals surface area contributed by atoms with Gasteiger partial charge in [-0.25, -0.2) is 4.79 Å². The first kappa shape index (κ1) is 23.8. The summed E-state index contributed by atoms with van der Waals surface area (Å²) in [5.41, 5.74) is 1.57. The average Bonchev–Trinajstić information content (AvgIpc) is 3.08. The molecule has 33 heavy (non-hydrogen) atoms. The van der Waals surface area contributed by atoms with Crippen LogP contribution < -0.4 is 5.32 Å². The van der Waals surface area contributed by atoms with E-state index in [0.717, 1.165) is 30.7 Å². The molecule has 0 aromatic heterocycles. The number of nitrogens with one attached hydrogen (secondary N) is 1. The van der Waals surface area contributed by atoms with Crippen molar-refractivity contribution in [2.75, 3.05) is 5.32 Å². The van der Waals surface area contributed by atoms with Crippen molar-refractivity contribution in [2.24, 2.45) is 21.4 Å². The lowest BCUT2D eigenvalue weighted by Gasteiger charge is -2.39. The van der Waals surface area contributed by atoms with Crippen molar-refractivity contribution in [1.29, 1.82) is 0 Å². The van der Waals surface area contributed by atoms with Crippen molar-refractivity contribution in [3.8, 4) is 0 Å². The van der Waals surface area contributed by atoms with Gasteiger partial charge < -0.3 is 10.2 Å². The molecular weight excluding hydrogens is 459 g/mol. The van der Waals surface area contributed by atoms with Crippen molar-refractivity contribution < 1.29 is 14.4 Å². The molecular formula is C26H28Cl2N2O3. The summed E-state index contributed by atoms with van der Waals surface area (Å²) < 4.78 is 0. The molecule has 5 nitrogen and oxygen atoms in total. The van der Waals surface area contributed by atoms with Crippen LogP contribution in [0.25, 0.3) is 0 Å². The Bertz CT molecular complexity index is 1140. The topological polar surface area (TPSA) is 67.8 Å². The number of anilines is 1. The zero-order chi connectivity index (χ0) is 24.0. The molecule has 7 heteroatoms. The van der Waals surface area contributed by atoms with Crippen LogP contribution in [-0.4, -0.2) is 17.6 Å². The van der Waals surface area contributed by atoms with Crippen molar-refractivity contribution in [1.82, 2.24) is 0 Å². The molecule has 2 aliphatic rings. The Hall–Kier alpha value is -2.37. The first-order valence-corrected chi connectivity index (χ1v) is 11.9. The molecule has 0 heterocycles. The van der Waals surface area contributed by atoms with E-state index in [1.807, 2.05) is 24.3 Å². The summed E-state index contributed by atoms with van der Waals surface area (Å²) in [6.07, 6.45) is 2.94. The normalized spacial score (nSPS) is 26.4. The Morgan fingerprint density at radius 2 is 1.76 bits per heavy atom. The molecule has 2 aromatic rings. The molecule has 2 saturated carbocycles. The predicted octanol–water partition coefficient (Wildman–Crippen LogP) is 6.92. The van der Waals surface area contributed by atoms with Crippen LogP contribution >= 0.6 is 23.2 Å². The molecule has 2 aliphatic carbocycles. The number of fused-ring (bicyclic) bond motifs is 2. The summed E-state index contributed by atoms with van der Waals surface area (Å²) in [4.78, 5) is 31.5. The van der Waals surface area contributed by atoms with Gasteiger partial charge in [0.1, 0.15) is 0 Å². The molecule has 2 unspecified atom stereocenters. The Labute approximate surface area is 204 Å². The van der Waals surface area contributed by atoms with Crippen molar-refractivity contribution in [3.05, 3.63) is 63.6 Å². The minimum Gasteiger partial charge on any atom is -0.326 e. The highest BCUT2D eigenvalue weighted by atomic mass is 35.5. The van der Waals surface area contributed by atoms with Crippen LogP contribution in [0.3, 0.4) is 0 Å². The second kappa shape index (κ2) is 8.44. The third kappa shape index (κ3) is 3.75. The van der Waals surface area contributed by atoms with Gasteiger partial charge in [0.05, 0.1) is 21.7 Å². The molecule has 2 bridgehead atoms. The number of benzene rings is 2. The number of hydrogen-bond acceptors (Lipinski definition) is 4. The van der Waals surface area contributed by atoms with E-state index in [4.69, 9.17) is 28.0 Å². The van der Waals surface area contributed by atoms with Gasteiger partial charge in [0.25, 0.3) is 0 Å². The minimum atomic E-state index is -0.650. The Balaban J connectivity index is 1.57. The van der Waals surface area contributed by atoms with Gasteiger partial charge >= 0.3 is 5.97 Å². The summed E-state index contributed by atoms with van der Waals surface area (Å²) in [5.74, 6) is -0.666. The van der Waals surface area contributed by atoms with E-state index >= 15 is 0 Å². The Kier molecular flexibility index (Phi) is 6.08. The number of halogens is 2. The standard InChI is InChI=1S/C26H28Cl2N2O3/c1-5-16-6-9-18(10-7-16)29-23(32)26-13-12-25(4,24(26,2)3)21(15-26)30-33-22(31)19-11-8-17(27)14-20(19)28/h6-11,14H,5,12-13,15H2,1-4H3,(H,29,32)/b30-21-. The maximum absolute atomic E-state index is 13.6. The molecule has 2 aromatic carbocycles. The van der Waals surface area contributed by atoms with Gasteiger partial charge in [0, 0.05) is 22.5 Å². The number of amides is 1. The Morgan fingerprint density at radius 3 is 2.39 bits per heavy atom. The van der Waals surface area contributed by atoms with Crippen LogP contribution in [0.2, 0.25) is 10.0 Å². The fourth-order valence-corrected chi connectivity index (χ4v) is 5.88. The smallest absolute Gasteiger partial charge is 0.326 e. The zero-order valence-corrected chi connectivity index (χ0v) is 20.8. The van der Waals surface area contributed by atoms with Crippen LogP contribution in [0.5, 0.6) is 0 Å². The second-order valence-corrected chi connectivity index (χ2v) is 10.6. The molecule has 1 amide bonds. The average molecular weight is 487 g/mol. The monoisotopic (exact) mass is 486 g/mol. The van der Waals surface area contributed by atoms with Gasteiger partial charge in [-0.05, 0) is 60.6 Å². The number of oxime groups is 1. The highest BCUT2D eigenvalue weighted by Gasteiger charge is 2.71. The Morgan fingerprint density at radius 1 is 1.06 bits per heavy atom. The van der Waals surface area contributed by atoms with E-state index < -0.39 is 11.4 Å². The summed E-state index contributed by atoms with van der Waals surface area (Å²) in [5, 5.41) is 8.02. The highest BCUT2D eigenvalue weighted by molar-refractivity contribution is 6.36. The number of carbonyl (C=O) groups is 2. The lowest BCUT2D eigenvalue weighted by molar-refractivity contribution is -0.130. The summed E-state index contributed by atoms with van der Waals surface area (Å²) in [6, 6.07) is 12.5. The van der Waals surface area contributed by atoms with Crippen LogP contribution in [-0.2, 0) is 16.1 Å². The second-order valence-electron chi connectivity index (χ2n) is 9.76. The maximum atomic E-state index is 13.6. The van der Waals surface area contributed by atoms with E-state index in [9.17, 15) is 9.59 Å². The maximum Gasteiger partial charge on any atom is 0.367 e. The van der Waals surface area contributed by atoms with Gasteiger partial charge in [-0.2, -0.15) is 0 Å². The summed E-state index contributed by atoms with van der Waals surface area (Å²) in [7, 11) is 0. The van der Waals surface area contributed by atoms with Gasteiger partial charge in [-0.1, -0.05) is 68.2 Å². The van der Waals surface area contributed by atoms with Crippen molar-refractivity contribution in [2.45, 2.75) is 53.4 Å². The summed E-state index contributed by atoms with van der Waals surface area (Å²) >= 11 is 12.0. The fourth-order valence-electron chi connectivity index (χ4n) is 5.40. The van der Waals surface area contributed by atoms with E-state index in [2.05, 4.69) is 38.2 Å². The summed E-state index contributed by atoms with van der Waals surface area (Å²) in [6.45, 7) is 8.43. The predicted molar refractivity (Wildman–Crippen MR) is 132 cm³/mol. The lowest BCUT2D eigenvalue weighted by atomic mass is 9.64. The van der Waals surface area contributed by atoms with Gasteiger partial charge in [-0.15, -0.1) is 0 Å². The number of aryl methyl sites for hydroxylation is 1. The minimum absolute atomic E-state index is 0.0160. The molecule has 0 spiro atoms. The molecule has 0 radical (unpaired) electrons. The van der Waals surface area contributed by atoms with Crippen LogP contribution in [0, 0.1) is 16.2 Å². The van der Waals surface area contributed by atoms with Gasteiger partial charge in [0.2, 0.25) is 5.91 Å². The number of hydrogen-bond donors (Lipinski definition) is 1. The van der Waals surface area contributed by atoms with E-state index in [1.165, 1.54) is 17.7 Å². The van der Waals surface area contributed by atoms with Crippen molar-refractivity contribution in [3.63, 3.8) is 0 Å². The zero-order valence-electron chi connectivity index (χ0n) is 19.3. The fraction of sp³-hybridized carbons (Fsp3) is 0.423. The quantitative estimate of drug-likeness (QED) is 0.368. The van der Waals surface area contributed by atoms with Gasteiger partial charge in [-0.3, -0.25) is 4.79 Å². The molecule has 2 fully saturated rings. The van der Waals surface area contributed by atoms with E-state index in [-0.39, 0.29) is 27.3 Å². The van der Waals surface area contributed by atoms with Gasteiger partial charge in [0.15, 0.2) is 0 Å². The third-order valence-corrected chi connectivity index (χ3v) is 8.73. The third-order valence-electron chi connectivity index (χ3n) is 8.18. The first-order chi connectivity index (χ1) is 15.5. The highest BCUT2D eigenvalue weighted by Crippen LogP contribution is 2.71. The largest absolute Gasteiger partial charge is 0.367 e. The molecule has 0 aliphatic heterocycles. The van der Waals surface area contributed by atoms with Crippen LogP contribution in [0.15, 0.2) is 47.6 Å². The number of rotatable bonds is 5. The van der Waals surface area contributed by atoms with E-state index in [0.29, 0.717) is 11.4 Å². The van der Waals surface area contributed by atoms with Crippen molar-refractivity contribution >= 4 is 46.5 Å².